The molecule has 142 valence electrons. The largest absolute Gasteiger partial charge is 0.481 e. The molecule has 1 saturated carbocycles. The Morgan fingerprint density at radius 3 is 2.73 bits per heavy atom. The first-order valence-corrected chi connectivity index (χ1v) is 9.59. The molecular formula is C20H28N2O4. The molecule has 0 radical (unpaired) electrons. The standard InChI is InChI=1S/C20H28N2O4/c23-17-9-11-22(14-20(17,19(25)26)12-15-7-8-15)18(24)6-2-1-4-16-5-3-10-21-13-16/h3,5,10,13,15,17,23H,1-2,4,6-9,11-12,14H2,(H,25,26)/t17-,20+/m0/s1. The molecule has 0 bridgehead atoms. The molecule has 0 spiro atoms. The molecular weight excluding hydrogens is 332 g/mol. The molecule has 2 aliphatic rings. The van der Waals surface area contributed by atoms with Gasteiger partial charge in [-0.25, -0.2) is 0 Å². The second kappa shape index (κ2) is 8.16. The van der Waals surface area contributed by atoms with Gasteiger partial charge in [-0.2, -0.15) is 0 Å². The molecule has 2 heterocycles. The molecule has 1 aromatic rings. The van der Waals surface area contributed by atoms with Crippen molar-refractivity contribution in [2.45, 2.75) is 57.5 Å². The minimum absolute atomic E-state index is 0.00417. The van der Waals surface area contributed by atoms with Crippen LogP contribution in [0.1, 0.15) is 50.5 Å². The number of pyridine rings is 1. The van der Waals surface area contributed by atoms with Crippen LogP contribution in [0.3, 0.4) is 0 Å². The molecule has 1 aliphatic carbocycles. The number of carbonyl (C=O) groups excluding carboxylic acids is 1. The number of aliphatic hydroxyl groups is 1. The van der Waals surface area contributed by atoms with Crippen molar-refractivity contribution in [1.29, 1.82) is 0 Å². The van der Waals surface area contributed by atoms with Crippen molar-refractivity contribution in [2.75, 3.05) is 13.1 Å². The van der Waals surface area contributed by atoms with E-state index in [1.807, 2.05) is 18.3 Å². The van der Waals surface area contributed by atoms with E-state index in [1.54, 1.807) is 11.1 Å². The summed E-state index contributed by atoms with van der Waals surface area (Å²) >= 11 is 0. The highest BCUT2D eigenvalue weighted by Gasteiger charge is 2.52. The van der Waals surface area contributed by atoms with Crippen LogP contribution >= 0.6 is 0 Å². The highest BCUT2D eigenvalue weighted by molar-refractivity contribution is 5.80. The number of carboxylic acid groups (broad SMARTS) is 1. The number of aliphatic hydroxyl groups excluding tert-OH is 1. The average Bonchev–Trinajstić information content (AvgIpc) is 3.45. The number of carboxylic acids is 1. The number of carbonyl (C=O) groups is 2. The summed E-state index contributed by atoms with van der Waals surface area (Å²) in [5.41, 5.74) is -0.0273. The molecule has 6 nitrogen and oxygen atoms in total. The summed E-state index contributed by atoms with van der Waals surface area (Å²) in [5.74, 6) is -0.578. The van der Waals surface area contributed by atoms with Gasteiger partial charge in [-0.3, -0.25) is 14.6 Å². The topological polar surface area (TPSA) is 90.7 Å². The highest BCUT2D eigenvalue weighted by Crippen LogP contribution is 2.45. The van der Waals surface area contributed by atoms with Gasteiger partial charge in [0.25, 0.3) is 0 Å². The zero-order valence-corrected chi connectivity index (χ0v) is 15.1. The van der Waals surface area contributed by atoms with Gasteiger partial charge in [-0.05, 0) is 49.7 Å². The van der Waals surface area contributed by atoms with E-state index in [9.17, 15) is 19.8 Å². The van der Waals surface area contributed by atoms with E-state index in [-0.39, 0.29) is 12.5 Å². The van der Waals surface area contributed by atoms with E-state index in [2.05, 4.69) is 4.98 Å². The second-order valence-electron chi connectivity index (χ2n) is 7.80. The predicted molar refractivity (Wildman–Crippen MR) is 96.4 cm³/mol. The minimum atomic E-state index is -1.19. The van der Waals surface area contributed by atoms with E-state index in [0.717, 1.165) is 37.7 Å². The lowest BCUT2D eigenvalue weighted by molar-refractivity contribution is -0.167. The van der Waals surface area contributed by atoms with Crippen LogP contribution in [0.4, 0.5) is 0 Å². The molecule has 0 aromatic carbocycles. The smallest absolute Gasteiger partial charge is 0.314 e. The van der Waals surface area contributed by atoms with E-state index >= 15 is 0 Å². The fourth-order valence-electron chi connectivity index (χ4n) is 3.94. The fraction of sp³-hybridized carbons (Fsp3) is 0.650. The van der Waals surface area contributed by atoms with Crippen molar-refractivity contribution in [3.8, 4) is 0 Å². The maximum absolute atomic E-state index is 12.6. The summed E-state index contributed by atoms with van der Waals surface area (Å²) < 4.78 is 0. The second-order valence-corrected chi connectivity index (χ2v) is 7.80. The molecule has 3 rings (SSSR count). The Bertz CT molecular complexity index is 632. The first kappa shape index (κ1) is 18.8. The Morgan fingerprint density at radius 1 is 1.27 bits per heavy atom. The average molecular weight is 360 g/mol. The molecule has 1 aliphatic heterocycles. The van der Waals surface area contributed by atoms with Gasteiger partial charge in [0.15, 0.2) is 0 Å². The number of rotatable bonds is 8. The number of unbranched alkanes of at least 4 members (excludes halogenated alkanes) is 1. The third-order valence-electron chi connectivity index (χ3n) is 5.74. The fourth-order valence-corrected chi connectivity index (χ4v) is 3.94. The quantitative estimate of drug-likeness (QED) is 0.694. The third kappa shape index (κ3) is 4.41. The lowest BCUT2D eigenvalue weighted by Gasteiger charge is -2.43. The summed E-state index contributed by atoms with van der Waals surface area (Å²) in [6.45, 7) is 0.587. The summed E-state index contributed by atoms with van der Waals surface area (Å²) in [4.78, 5) is 30.2. The molecule has 1 saturated heterocycles. The molecule has 1 aromatic heterocycles. The van der Waals surface area contributed by atoms with Crippen LogP contribution in [-0.4, -0.2) is 51.2 Å². The van der Waals surface area contributed by atoms with Gasteiger partial charge in [0, 0.05) is 31.9 Å². The van der Waals surface area contributed by atoms with Crippen molar-refractivity contribution in [2.24, 2.45) is 11.3 Å². The van der Waals surface area contributed by atoms with Gasteiger partial charge >= 0.3 is 5.97 Å². The Hall–Kier alpha value is -1.95. The Kier molecular flexibility index (Phi) is 5.91. The van der Waals surface area contributed by atoms with Gasteiger partial charge in [0.2, 0.25) is 5.91 Å². The van der Waals surface area contributed by atoms with E-state index in [4.69, 9.17) is 0 Å². The van der Waals surface area contributed by atoms with E-state index in [0.29, 0.717) is 31.7 Å². The van der Waals surface area contributed by atoms with Crippen LogP contribution in [0, 0.1) is 11.3 Å². The van der Waals surface area contributed by atoms with Crippen LogP contribution < -0.4 is 0 Å². The number of aliphatic carboxylic acids is 1. The lowest BCUT2D eigenvalue weighted by Crippen LogP contribution is -2.57. The maximum Gasteiger partial charge on any atom is 0.314 e. The van der Waals surface area contributed by atoms with Crippen molar-refractivity contribution in [1.82, 2.24) is 9.88 Å². The monoisotopic (exact) mass is 360 g/mol. The molecule has 1 amide bonds. The van der Waals surface area contributed by atoms with Crippen molar-refractivity contribution < 1.29 is 19.8 Å². The van der Waals surface area contributed by atoms with Gasteiger partial charge in [0.05, 0.1) is 6.10 Å². The number of hydrogen-bond acceptors (Lipinski definition) is 4. The SMILES string of the molecule is O=C(CCCCc1cccnc1)N1CC[C@H](O)[C@](CC2CC2)(C(=O)O)C1. The minimum Gasteiger partial charge on any atom is -0.481 e. The van der Waals surface area contributed by atoms with Crippen LogP contribution in [-0.2, 0) is 16.0 Å². The summed E-state index contributed by atoms with van der Waals surface area (Å²) in [6, 6.07) is 3.94. The number of piperidine rings is 1. The third-order valence-corrected chi connectivity index (χ3v) is 5.74. The summed E-state index contributed by atoms with van der Waals surface area (Å²) in [7, 11) is 0. The lowest BCUT2D eigenvalue weighted by atomic mass is 9.73. The first-order chi connectivity index (χ1) is 12.5. The van der Waals surface area contributed by atoms with Crippen molar-refractivity contribution >= 4 is 11.9 Å². The summed E-state index contributed by atoms with van der Waals surface area (Å²) in [5, 5.41) is 20.2. The first-order valence-electron chi connectivity index (χ1n) is 9.59. The zero-order chi connectivity index (χ0) is 18.6. The van der Waals surface area contributed by atoms with Gasteiger partial charge < -0.3 is 15.1 Å². The maximum atomic E-state index is 12.6. The van der Waals surface area contributed by atoms with Gasteiger partial charge in [-0.15, -0.1) is 0 Å². The number of nitrogens with zero attached hydrogens (tertiary/aromatic N) is 2. The number of hydrogen-bond donors (Lipinski definition) is 2. The Morgan fingerprint density at radius 2 is 2.08 bits per heavy atom. The zero-order valence-electron chi connectivity index (χ0n) is 15.1. The predicted octanol–water partition coefficient (Wildman–Crippen LogP) is 2.26. The van der Waals surface area contributed by atoms with Crippen LogP contribution in [0.25, 0.3) is 0 Å². The van der Waals surface area contributed by atoms with Gasteiger partial charge in [-0.1, -0.05) is 18.9 Å². The van der Waals surface area contributed by atoms with Crippen molar-refractivity contribution in [3.63, 3.8) is 0 Å². The Balaban J connectivity index is 1.51. The molecule has 2 atom stereocenters. The molecule has 26 heavy (non-hydrogen) atoms. The van der Waals surface area contributed by atoms with Crippen molar-refractivity contribution in [3.05, 3.63) is 30.1 Å². The van der Waals surface area contributed by atoms with Crippen LogP contribution in [0.5, 0.6) is 0 Å². The molecule has 0 unspecified atom stereocenters. The molecule has 6 heteroatoms. The van der Waals surface area contributed by atoms with Crippen LogP contribution in [0.15, 0.2) is 24.5 Å². The van der Waals surface area contributed by atoms with E-state index < -0.39 is 17.5 Å². The molecule has 2 N–H and O–H groups in total. The normalized spacial score (nSPS) is 25.9. The van der Waals surface area contributed by atoms with E-state index in [1.165, 1.54) is 0 Å². The number of aryl methyl sites for hydroxylation is 1. The van der Waals surface area contributed by atoms with Crippen LogP contribution in [0.2, 0.25) is 0 Å². The van der Waals surface area contributed by atoms with Gasteiger partial charge in [0.1, 0.15) is 5.41 Å². The molecule has 2 fully saturated rings. The highest BCUT2D eigenvalue weighted by atomic mass is 16.4. The summed E-state index contributed by atoms with van der Waals surface area (Å²) in [6.07, 6.45) is 8.60. The Labute approximate surface area is 154 Å². The number of aromatic nitrogens is 1. The number of likely N-dealkylation sites (tertiary alicyclic amines) is 1. The number of amides is 1.